The minimum Gasteiger partial charge on any atom is -0.363 e. The van der Waals surface area contributed by atoms with E-state index in [1.54, 1.807) is 6.20 Å². The van der Waals surface area contributed by atoms with Crippen LogP contribution in [0.15, 0.2) is 23.5 Å². The van der Waals surface area contributed by atoms with E-state index in [4.69, 9.17) is 10.5 Å². The number of hydrogen-bond acceptors (Lipinski definition) is 3. The molecule has 1 rings (SSSR count). The molecule has 0 unspecified atom stereocenters. The summed E-state index contributed by atoms with van der Waals surface area (Å²) >= 11 is 0. The predicted octanol–water partition coefficient (Wildman–Crippen LogP) is 0.795. The third-order valence-corrected chi connectivity index (χ3v) is 1.22. The van der Waals surface area contributed by atoms with Crippen molar-refractivity contribution in [3.05, 3.63) is 23.5 Å². The highest BCUT2D eigenvalue weighted by atomic mass is 14.9. The smallest absolute Gasteiger partial charge is 0.149 e. The molecule has 0 saturated heterocycles. The first-order valence-electron chi connectivity index (χ1n) is 2.83. The maximum Gasteiger partial charge on any atom is 0.149 e. The van der Waals surface area contributed by atoms with E-state index in [1.807, 2.05) is 18.2 Å². The molecule has 0 amide bonds. The van der Waals surface area contributed by atoms with Crippen molar-refractivity contribution in [2.75, 3.05) is 0 Å². The van der Waals surface area contributed by atoms with E-state index in [0.29, 0.717) is 12.1 Å². The molecular weight excluding hydrogens is 126 g/mol. The summed E-state index contributed by atoms with van der Waals surface area (Å²) in [5.41, 5.74) is 0.870. The molecular formula is C7H5N3. The molecule has 1 heterocycles. The van der Waals surface area contributed by atoms with Crippen LogP contribution in [-0.2, 0) is 0 Å². The molecule has 0 aromatic carbocycles. The number of allylic oxidation sites excluding steroid dienone is 2. The first-order chi connectivity index (χ1) is 4.88. The fraction of sp³-hybridized carbons (Fsp3) is 0.143. The van der Waals surface area contributed by atoms with Crippen LogP contribution in [0.1, 0.15) is 6.42 Å². The minimum atomic E-state index is 0.171. The van der Waals surface area contributed by atoms with Gasteiger partial charge in [-0.25, -0.2) is 0 Å². The Labute approximate surface area is 58.9 Å². The van der Waals surface area contributed by atoms with Gasteiger partial charge in [0.2, 0.25) is 0 Å². The second-order valence-electron chi connectivity index (χ2n) is 1.83. The zero-order chi connectivity index (χ0) is 7.40. The van der Waals surface area contributed by atoms with Crippen molar-refractivity contribution in [2.24, 2.45) is 0 Å². The number of nitriles is 2. The lowest BCUT2D eigenvalue weighted by molar-refractivity contribution is 1.05. The number of hydrogen-bond donors (Lipinski definition) is 1. The van der Waals surface area contributed by atoms with Crippen LogP contribution in [0.3, 0.4) is 0 Å². The van der Waals surface area contributed by atoms with Crippen molar-refractivity contribution < 1.29 is 0 Å². The fourth-order valence-electron chi connectivity index (χ4n) is 0.729. The molecule has 0 spiro atoms. The molecule has 10 heavy (non-hydrogen) atoms. The van der Waals surface area contributed by atoms with E-state index >= 15 is 0 Å². The summed E-state index contributed by atoms with van der Waals surface area (Å²) in [5.74, 6) is 0. The van der Waals surface area contributed by atoms with Crippen LogP contribution in [0.5, 0.6) is 0 Å². The summed E-state index contributed by atoms with van der Waals surface area (Å²) in [6.45, 7) is 0. The molecule has 0 fully saturated rings. The Morgan fingerprint density at radius 2 is 2.20 bits per heavy atom. The maximum absolute atomic E-state index is 8.39. The van der Waals surface area contributed by atoms with Crippen LogP contribution in [0.2, 0.25) is 0 Å². The average molecular weight is 131 g/mol. The van der Waals surface area contributed by atoms with E-state index in [-0.39, 0.29) is 5.57 Å². The molecule has 1 N–H and O–H groups in total. The molecule has 0 aromatic heterocycles. The first-order valence-corrected chi connectivity index (χ1v) is 2.83. The molecule has 1 aliphatic heterocycles. The van der Waals surface area contributed by atoms with Crippen molar-refractivity contribution >= 4 is 0 Å². The van der Waals surface area contributed by atoms with Crippen LogP contribution in [0.4, 0.5) is 0 Å². The van der Waals surface area contributed by atoms with Gasteiger partial charge in [0.05, 0.1) is 0 Å². The normalized spacial score (nSPS) is 13.6. The molecule has 0 saturated carbocycles. The molecule has 0 radical (unpaired) electrons. The third-order valence-electron chi connectivity index (χ3n) is 1.22. The van der Waals surface area contributed by atoms with Gasteiger partial charge in [-0.3, -0.25) is 0 Å². The lowest BCUT2D eigenvalue weighted by Gasteiger charge is -1.94. The van der Waals surface area contributed by atoms with Crippen molar-refractivity contribution in [2.45, 2.75) is 6.42 Å². The van der Waals surface area contributed by atoms with E-state index < -0.39 is 0 Å². The molecule has 0 atom stereocenters. The van der Waals surface area contributed by atoms with Crippen molar-refractivity contribution in [3.8, 4) is 12.1 Å². The van der Waals surface area contributed by atoms with E-state index in [2.05, 4.69) is 5.32 Å². The lowest BCUT2D eigenvalue weighted by atomic mass is 10.2. The molecule has 3 nitrogen and oxygen atoms in total. The number of nitrogens with zero attached hydrogens (tertiary/aromatic N) is 2. The summed E-state index contributed by atoms with van der Waals surface area (Å²) in [4.78, 5) is 0. The third kappa shape index (κ3) is 0.985. The topological polar surface area (TPSA) is 59.6 Å². The Bertz CT molecular complexity index is 246. The molecule has 0 aliphatic carbocycles. The molecule has 0 bridgehead atoms. The van der Waals surface area contributed by atoms with Gasteiger partial charge in [-0.05, 0) is 6.20 Å². The first kappa shape index (κ1) is 6.38. The average Bonchev–Trinajstić information content (AvgIpc) is 2.43. The Morgan fingerprint density at radius 1 is 1.50 bits per heavy atom. The fourth-order valence-corrected chi connectivity index (χ4v) is 0.729. The quantitative estimate of drug-likeness (QED) is 0.494. The van der Waals surface area contributed by atoms with E-state index in [1.165, 1.54) is 0 Å². The second-order valence-corrected chi connectivity index (χ2v) is 1.83. The maximum atomic E-state index is 8.39. The Morgan fingerprint density at radius 3 is 2.60 bits per heavy atom. The molecule has 3 heteroatoms. The highest BCUT2D eigenvalue weighted by Crippen LogP contribution is 2.09. The molecule has 1 aliphatic rings. The van der Waals surface area contributed by atoms with Gasteiger partial charge >= 0.3 is 0 Å². The summed E-state index contributed by atoms with van der Waals surface area (Å²) in [6, 6.07) is 3.62. The van der Waals surface area contributed by atoms with Crippen LogP contribution < -0.4 is 5.32 Å². The van der Waals surface area contributed by atoms with Crippen LogP contribution >= 0.6 is 0 Å². The van der Waals surface area contributed by atoms with Crippen molar-refractivity contribution in [1.29, 1.82) is 10.5 Å². The van der Waals surface area contributed by atoms with Crippen molar-refractivity contribution in [1.82, 2.24) is 5.32 Å². The van der Waals surface area contributed by atoms with Gasteiger partial charge in [0.15, 0.2) is 0 Å². The summed E-state index contributed by atoms with van der Waals surface area (Å²) in [6.07, 6.45) is 4.25. The SMILES string of the molecule is N#CC(C#N)=C1CC=CN1. The van der Waals surface area contributed by atoms with E-state index in [0.717, 1.165) is 0 Å². The van der Waals surface area contributed by atoms with Gasteiger partial charge in [0.25, 0.3) is 0 Å². The summed E-state index contributed by atoms with van der Waals surface area (Å²) < 4.78 is 0. The van der Waals surface area contributed by atoms with Gasteiger partial charge in [-0.15, -0.1) is 0 Å². The highest BCUT2D eigenvalue weighted by Gasteiger charge is 2.05. The van der Waals surface area contributed by atoms with Gasteiger partial charge in [-0.2, -0.15) is 10.5 Å². The second kappa shape index (κ2) is 2.70. The van der Waals surface area contributed by atoms with Gasteiger partial charge in [-0.1, -0.05) is 6.08 Å². The zero-order valence-electron chi connectivity index (χ0n) is 5.26. The minimum absolute atomic E-state index is 0.171. The Balaban J connectivity index is 2.88. The highest BCUT2D eigenvalue weighted by molar-refractivity contribution is 5.41. The van der Waals surface area contributed by atoms with Gasteiger partial charge in [0.1, 0.15) is 17.7 Å². The Hall–Kier alpha value is -1.74. The zero-order valence-corrected chi connectivity index (χ0v) is 5.26. The summed E-state index contributed by atoms with van der Waals surface area (Å²) in [7, 11) is 0. The Kier molecular flexibility index (Phi) is 1.72. The number of nitrogens with one attached hydrogen (secondary N) is 1. The lowest BCUT2D eigenvalue weighted by Crippen LogP contribution is -2.00. The van der Waals surface area contributed by atoms with Crippen molar-refractivity contribution in [3.63, 3.8) is 0 Å². The molecule has 0 aromatic rings. The molecule has 48 valence electrons. The summed E-state index contributed by atoms with van der Waals surface area (Å²) in [5, 5.41) is 19.6. The number of rotatable bonds is 0. The van der Waals surface area contributed by atoms with Gasteiger partial charge < -0.3 is 5.32 Å². The largest absolute Gasteiger partial charge is 0.363 e. The van der Waals surface area contributed by atoms with E-state index in [9.17, 15) is 0 Å². The predicted molar refractivity (Wildman–Crippen MR) is 35.1 cm³/mol. The standard InChI is InChI=1S/C7H5N3/c8-4-6(5-9)7-2-1-3-10-7/h1,3,10H,2H2. The van der Waals surface area contributed by atoms with Gasteiger partial charge in [0, 0.05) is 12.1 Å². The van der Waals surface area contributed by atoms with Crippen LogP contribution in [0.25, 0.3) is 0 Å². The van der Waals surface area contributed by atoms with Crippen LogP contribution in [0, 0.1) is 22.7 Å². The monoisotopic (exact) mass is 131 g/mol. The van der Waals surface area contributed by atoms with Crippen LogP contribution in [-0.4, -0.2) is 0 Å².